The lowest BCUT2D eigenvalue weighted by atomic mass is 10.5. The first-order valence-electron chi connectivity index (χ1n) is 4.10. The Morgan fingerprint density at radius 1 is 1.60 bits per heavy atom. The molecule has 0 radical (unpaired) electrons. The summed E-state index contributed by atoms with van der Waals surface area (Å²) >= 11 is 1.12. The fraction of sp³-hybridized carbons (Fsp3) is 0.125. The Morgan fingerprint density at radius 3 is 2.93 bits per heavy atom. The molecule has 0 aliphatic rings. The average Bonchev–Trinajstić information content (AvgIpc) is 2.88. The zero-order chi connectivity index (χ0) is 10.8. The summed E-state index contributed by atoms with van der Waals surface area (Å²) in [5.74, 6) is -0.959. The van der Waals surface area contributed by atoms with E-state index >= 15 is 0 Å². The van der Waals surface area contributed by atoms with Crippen molar-refractivity contribution in [3.8, 4) is 0 Å². The molecule has 0 fully saturated rings. The fourth-order valence-electron chi connectivity index (χ4n) is 1.06. The number of nitrogens with one attached hydrogen (secondary N) is 1. The van der Waals surface area contributed by atoms with Gasteiger partial charge in [-0.05, 0) is 0 Å². The monoisotopic (exact) mass is 224 g/mol. The van der Waals surface area contributed by atoms with Crippen LogP contribution in [0.1, 0.15) is 9.67 Å². The molecule has 2 aromatic rings. The van der Waals surface area contributed by atoms with Crippen LogP contribution in [0.5, 0.6) is 0 Å². The van der Waals surface area contributed by atoms with E-state index in [0.717, 1.165) is 17.0 Å². The highest BCUT2D eigenvalue weighted by atomic mass is 32.1. The Bertz CT molecular complexity index is 465. The second-order valence-electron chi connectivity index (χ2n) is 2.83. The van der Waals surface area contributed by atoms with E-state index in [2.05, 4.69) is 15.2 Å². The van der Waals surface area contributed by atoms with Gasteiger partial charge in [0.15, 0.2) is 5.13 Å². The van der Waals surface area contributed by atoms with E-state index in [9.17, 15) is 4.79 Å². The maximum Gasteiger partial charge on any atom is 0.347 e. The Labute approximate surface area is 89.2 Å². The van der Waals surface area contributed by atoms with Gasteiger partial charge in [-0.25, -0.2) is 9.78 Å². The average molecular weight is 224 g/mol. The zero-order valence-corrected chi connectivity index (χ0v) is 8.65. The Kier molecular flexibility index (Phi) is 2.38. The van der Waals surface area contributed by atoms with Crippen molar-refractivity contribution in [2.45, 2.75) is 0 Å². The third-order valence-electron chi connectivity index (χ3n) is 1.86. The van der Waals surface area contributed by atoms with Crippen molar-refractivity contribution in [2.75, 3.05) is 11.9 Å². The highest BCUT2D eigenvalue weighted by molar-refractivity contribution is 7.17. The molecule has 0 spiro atoms. The molecule has 0 aliphatic heterocycles. The Morgan fingerprint density at radius 2 is 2.40 bits per heavy atom. The molecule has 7 heteroatoms. The summed E-state index contributed by atoms with van der Waals surface area (Å²) in [6.45, 7) is 0. The van der Waals surface area contributed by atoms with Gasteiger partial charge >= 0.3 is 5.97 Å². The van der Waals surface area contributed by atoms with Gasteiger partial charge in [-0.1, -0.05) is 11.3 Å². The number of H-pyrrole nitrogens is 1. The summed E-state index contributed by atoms with van der Waals surface area (Å²) in [6.07, 6.45) is 4.70. The van der Waals surface area contributed by atoms with Crippen LogP contribution in [0.15, 0.2) is 18.6 Å². The van der Waals surface area contributed by atoms with Crippen LogP contribution in [-0.4, -0.2) is 33.3 Å². The highest BCUT2D eigenvalue weighted by Gasteiger charge is 2.13. The summed E-state index contributed by atoms with van der Waals surface area (Å²) in [4.78, 5) is 16.7. The van der Waals surface area contributed by atoms with Crippen LogP contribution in [0.3, 0.4) is 0 Å². The van der Waals surface area contributed by atoms with Gasteiger partial charge in [0.2, 0.25) is 0 Å². The van der Waals surface area contributed by atoms with Gasteiger partial charge in [0, 0.05) is 13.2 Å². The second kappa shape index (κ2) is 3.70. The predicted molar refractivity (Wildman–Crippen MR) is 55.7 cm³/mol. The first-order chi connectivity index (χ1) is 7.18. The molecule has 15 heavy (non-hydrogen) atoms. The number of carbonyl (C=O) groups is 1. The van der Waals surface area contributed by atoms with E-state index in [0.29, 0.717) is 5.13 Å². The molecule has 0 bridgehead atoms. The Balaban J connectivity index is 2.26. The number of hydrogen-bond acceptors (Lipinski definition) is 5. The number of aromatic carboxylic acids is 1. The number of nitrogens with zero attached hydrogens (tertiary/aromatic N) is 3. The molecular weight excluding hydrogens is 216 g/mol. The third-order valence-corrected chi connectivity index (χ3v) is 2.92. The first kappa shape index (κ1) is 9.66. The lowest BCUT2D eigenvalue weighted by Crippen LogP contribution is -2.07. The molecule has 0 aliphatic carbocycles. The number of rotatable bonds is 3. The van der Waals surface area contributed by atoms with Crippen LogP contribution in [0.2, 0.25) is 0 Å². The van der Waals surface area contributed by atoms with Crippen LogP contribution in [0.25, 0.3) is 0 Å². The molecule has 2 rings (SSSR count). The van der Waals surface area contributed by atoms with Crippen LogP contribution in [0.4, 0.5) is 10.8 Å². The maximum atomic E-state index is 10.7. The van der Waals surface area contributed by atoms with E-state index in [1.165, 1.54) is 6.20 Å². The summed E-state index contributed by atoms with van der Waals surface area (Å²) in [5, 5.41) is 15.8. The van der Waals surface area contributed by atoms with Gasteiger partial charge in [-0.15, -0.1) is 0 Å². The van der Waals surface area contributed by atoms with E-state index in [-0.39, 0.29) is 4.88 Å². The summed E-state index contributed by atoms with van der Waals surface area (Å²) in [6, 6.07) is 0. The lowest BCUT2D eigenvalue weighted by Gasteiger charge is -2.11. The van der Waals surface area contributed by atoms with Gasteiger partial charge < -0.3 is 10.0 Å². The molecular formula is C8H8N4O2S. The summed E-state index contributed by atoms with van der Waals surface area (Å²) < 4.78 is 0. The van der Waals surface area contributed by atoms with E-state index < -0.39 is 5.97 Å². The molecule has 0 aromatic carbocycles. The van der Waals surface area contributed by atoms with Gasteiger partial charge in [-0.3, -0.25) is 5.10 Å². The van der Waals surface area contributed by atoms with Crippen LogP contribution in [0, 0.1) is 0 Å². The van der Waals surface area contributed by atoms with Gasteiger partial charge in [-0.2, -0.15) is 5.10 Å². The van der Waals surface area contributed by atoms with Crippen molar-refractivity contribution in [2.24, 2.45) is 0 Å². The number of carboxylic acids is 1. The lowest BCUT2D eigenvalue weighted by molar-refractivity contribution is 0.0702. The molecule has 0 atom stereocenters. The van der Waals surface area contributed by atoms with Crippen molar-refractivity contribution in [3.05, 3.63) is 23.5 Å². The molecule has 0 unspecified atom stereocenters. The van der Waals surface area contributed by atoms with E-state index in [1.807, 2.05) is 0 Å². The summed E-state index contributed by atoms with van der Waals surface area (Å²) in [5.41, 5.74) is 0.835. The van der Waals surface area contributed by atoms with Crippen LogP contribution < -0.4 is 4.90 Å². The first-order valence-corrected chi connectivity index (χ1v) is 4.92. The molecule has 2 heterocycles. The predicted octanol–water partition coefficient (Wildman–Crippen LogP) is 1.33. The van der Waals surface area contributed by atoms with Crippen molar-refractivity contribution in [1.82, 2.24) is 15.2 Å². The van der Waals surface area contributed by atoms with Crippen LogP contribution >= 0.6 is 11.3 Å². The number of aromatic nitrogens is 3. The fourth-order valence-corrected chi connectivity index (χ4v) is 1.79. The van der Waals surface area contributed by atoms with Gasteiger partial charge in [0.1, 0.15) is 4.88 Å². The zero-order valence-electron chi connectivity index (χ0n) is 7.84. The van der Waals surface area contributed by atoms with Crippen molar-refractivity contribution in [3.63, 3.8) is 0 Å². The SMILES string of the molecule is CN(c1cn[nH]c1)c1ncc(C(=O)O)s1. The maximum absolute atomic E-state index is 10.7. The third kappa shape index (κ3) is 1.82. The van der Waals surface area contributed by atoms with Crippen molar-refractivity contribution >= 4 is 28.1 Å². The number of aromatic amines is 1. The smallest absolute Gasteiger partial charge is 0.347 e. The van der Waals surface area contributed by atoms with E-state index in [4.69, 9.17) is 5.11 Å². The molecule has 0 amide bonds. The van der Waals surface area contributed by atoms with Crippen molar-refractivity contribution in [1.29, 1.82) is 0 Å². The minimum atomic E-state index is -0.959. The number of carboxylic acid groups (broad SMARTS) is 1. The highest BCUT2D eigenvalue weighted by Crippen LogP contribution is 2.26. The normalized spacial score (nSPS) is 10.2. The van der Waals surface area contributed by atoms with Gasteiger partial charge in [0.25, 0.3) is 0 Å². The summed E-state index contributed by atoms with van der Waals surface area (Å²) in [7, 11) is 1.80. The molecule has 0 saturated heterocycles. The molecule has 2 N–H and O–H groups in total. The minimum absolute atomic E-state index is 0.223. The second-order valence-corrected chi connectivity index (χ2v) is 3.84. The quantitative estimate of drug-likeness (QED) is 0.821. The largest absolute Gasteiger partial charge is 0.477 e. The van der Waals surface area contributed by atoms with Crippen LogP contribution in [-0.2, 0) is 0 Å². The molecule has 2 aromatic heterocycles. The minimum Gasteiger partial charge on any atom is -0.477 e. The molecule has 6 nitrogen and oxygen atoms in total. The number of hydrogen-bond donors (Lipinski definition) is 2. The molecule has 78 valence electrons. The number of thiazole rings is 1. The molecule has 0 saturated carbocycles. The van der Waals surface area contributed by atoms with Gasteiger partial charge in [0.05, 0.1) is 18.1 Å². The van der Waals surface area contributed by atoms with E-state index in [1.54, 1.807) is 24.3 Å². The standard InChI is InChI=1S/C8H8N4O2S/c1-12(5-2-10-11-3-5)8-9-4-6(15-8)7(13)14/h2-4H,1H3,(H,10,11)(H,13,14). The Hall–Kier alpha value is -1.89. The topological polar surface area (TPSA) is 82.1 Å². The number of anilines is 2. The van der Waals surface area contributed by atoms with Crippen molar-refractivity contribution < 1.29 is 9.90 Å².